The van der Waals surface area contributed by atoms with Crippen molar-refractivity contribution in [3.8, 4) is 0 Å². The molecule has 6 heteroatoms. The molecule has 46 valence electrons. The summed E-state index contributed by atoms with van der Waals surface area (Å²) >= 11 is 4.88. The van der Waals surface area contributed by atoms with Crippen LogP contribution in [0.25, 0.3) is 0 Å². The Kier molecular flexibility index (Phi) is 3.30. The summed E-state index contributed by atoms with van der Waals surface area (Å²) in [5, 5.41) is 0. The zero-order valence-electron chi connectivity index (χ0n) is 3.17. The number of halogens is 2. The molecule has 0 amide bonds. The van der Waals surface area contributed by atoms with Crippen molar-refractivity contribution in [2.24, 2.45) is 0 Å². The Morgan fingerprint density at radius 2 is 2.00 bits per heavy atom. The summed E-state index contributed by atoms with van der Waals surface area (Å²) in [5.74, 6) is 0. The van der Waals surface area contributed by atoms with Crippen molar-refractivity contribution in [1.29, 1.82) is 0 Å². The van der Waals surface area contributed by atoms with Gasteiger partial charge < -0.3 is 0 Å². The molecule has 2 N–H and O–H groups in total. The Balaban J connectivity index is 3.15. The molecule has 0 unspecified atom stereocenters. The van der Waals surface area contributed by atoms with Gasteiger partial charge >= 0.3 is 0 Å². The molecule has 0 fully saturated rings. The highest BCUT2D eigenvalue weighted by Gasteiger charge is 2.09. The summed E-state index contributed by atoms with van der Waals surface area (Å²) in [6, 6.07) is -0.314. The fourth-order valence-corrected chi connectivity index (χ4v) is 0.813. The molecular weight excluding hydrogens is 163 g/mol. The second-order valence-corrected chi connectivity index (χ2v) is 3.18. The molecular formula is CH4Cl2O3S. The van der Waals surface area contributed by atoms with Gasteiger partial charge in [0.2, 0.25) is 0 Å². The Morgan fingerprint density at radius 1 is 1.57 bits per heavy atom. The lowest BCUT2D eigenvalue weighted by Gasteiger charge is -2.13. The zero-order chi connectivity index (χ0) is 5.91. The van der Waals surface area contributed by atoms with Gasteiger partial charge in [0, 0.05) is 10.7 Å². The van der Waals surface area contributed by atoms with E-state index in [1.54, 1.807) is 0 Å². The average Bonchev–Trinajstić information content (AvgIpc) is 1.30. The van der Waals surface area contributed by atoms with Crippen LogP contribution in [0, 0.1) is 0 Å². The number of alkyl halides is 1. The molecule has 0 aliphatic carbocycles. The van der Waals surface area contributed by atoms with Crippen molar-refractivity contribution in [2.45, 2.75) is 0 Å². The van der Waals surface area contributed by atoms with Crippen LogP contribution in [0.15, 0.2) is 0 Å². The van der Waals surface area contributed by atoms with Crippen molar-refractivity contribution in [2.75, 3.05) is 6.07 Å². The molecule has 0 aromatic heterocycles. The quantitative estimate of drug-likeness (QED) is 0.618. The number of hydrogen-bond acceptors (Lipinski definition) is 3. The van der Waals surface area contributed by atoms with E-state index >= 15 is 0 Å². The lowest BCUT2D eigenvalue weighted by atomic mass is 11.7. The second kappa shape index (κ2) is 2.96. The lowest BCUT2D eigenvalue weighted by Crippen LogP contribution is -1.90. The van der Waals surface area contributed by atoms with Gasteiger partial charge in [0.25, 0.3) is 0 Å². The van der Waals surface area contributed by atoms with Gasteiger partial charge in [0.1, 0.15) is 6.07 Å². The Bertz CT molecular complexity index is 51.4. The van der Waals surface area contributed by atoms with E-state index in [1.165, 1.54) is 0 Å². The van der Waals surface area contributed by atoms with Crippen molar-refractivity contribution in [1.82, 2.24) is 0 Å². The van der Waals surface area contributed by atoms with Gasteiger partial charge in [-0.25, -0.2) is 0 Å². The first-order valence-electron chi connectivity index (χ1n) is 1.24. The molecule has 3 nitrogen and oxygen atoms in total. The summed E-state index contributed by atoms with van der Waals surface area (Å²) in [4.78, 5) is 0. The highest BCUT2D eigenvalue weighted by molar-refractivity contribution is 8.39. The first-order valence-corrected chi connectivity index (χ1v) is 4.07. The van der Waals surface area contributed by atoms with E-state index in [2.05, 4.69) is 4.18 Å². The number of rotatable bonds is 2. The standard InChI is InChI=1S/CH4Cl2O3S/c2-1-6-7(3,4)5/h4-5H,1H2. The number of hydrogen-bond donors (Lipinski definition) is 2. The first kappa shape index (κ1) is 7.81. The van der Waals surface area contributed by atoms with Crippen LogP contribution in [0.1, 0.15) is 0 Å². The molecule has 0 saturated heterocycles. The monoisotopic (exact) mass is 166 g/mol. The molecule has 0 aromatic rings. The normalized spacial score (nSPS) is 14.3. The van der Waals surface area contributed by atoms with Crippen LogP contribution in [-0.2, 0) is 4.18 Å². The third kappa shape index (κ3) is 6.81. The van der Waals surface area contributed by atoms with E-state index in [4.69, 9.17) is 31.4 Å². The lowest BCUT2D eigenvalue weighted by molar-refractivity contribution is 0.322. The van der Waals surface area contributed by atoms with Crippen LogP contribution in [0.2, 0.25) is 0 Å². The maximum atomic E-state index is 8.12. The molecule has 0 aliphatic rings. The van der Waals surface area contributed by atoms with Gasteiger partial charge in [-0.3, -0.25) is 13.3 Å². The van der Waals surface area contributed by atoms with Gasteiger partial charge in [-0.05, 0) is 0 Å². The first-order chi connectivity index (χ1) is 3.06. The molecule has 7 heavy (non-hydrogen) atoms. The predicted octanol–water partition coefficient (Wildman–Crippen LogP) is 2.02. The molecule has 0 bridgehead atoms. The van der Waals surface area contributed by atoms with Crippen molar-refractivity contribution in [3.63, 3.8) is 0 Å². The summed E-state index contributed by atoms with van der Waals surface area (Å²) in [7, 11) is 1.39. The SMILES string of the molecule is OS(O)(Cl)OCCl. The summed E-state index contributed by atoms with van der Waals surface area (Å²) in [6.07, 6.45) is 0. The largest absolute Gasteiger partial charge is 0.296 e. The molecule has 0 aromatic carbocycles. The highest BCUT2D eigenvalue weighted by atomic mass is 35.7. The van der Waals surface area contributed by atoms with E-state index in [1.807, 2.05) is 0 Å². The molecule has 0 spiro atoms. The minimum atomic E-state index is -3.33. The van der Waals surface area contributed by atoms with Crippen molar-refractivity contribution in [3.05, 3.63) is 0 Å². The summed E-state index contributed by atoms with van der Waals surface area (Å²) < 4.78 is 20.2. The Hall–Kier alpha value is 0.810. The summed E-state index contributed by atoms with van der Waals surface area (Å²) in [6.45, 7) is 0. The molecule has 0 saturated carbocycles. The van der Waals surface area contributed by atoms with Crippen LogP contribution in [0.5, 0.6) is 0 Å². The average molecular weight is 167 g/mol. The smallest absolute Gasteiger partial charge is 0.178 e. The fraction of sp³-hybridized carbons (Fsp3) is 1.00. The highest BCUT2D eigenvalue weighted by Crippen LogP contribution is 2.45. The predicted molar refractivity (Wildman–Crippen MR) is 30.5 cm³/mol. The third-order valence-electron chi connectivity index (χ3n) is 0.194. The van der Waals surface area contributed by atoms with Gasteiger partial charge in [0.15, 0.2) is 10.1 Å². The zero-order valence-corrected chi connectivity index (χ0v) is 5.50. The minimum Gasteiger partial charge on any atom is -0.296 e. The van der Waals surface area contributed by atoms with E-state index < -0.39 is 10.1 Å². The van der Waals surface area contributed by atoms with Crippen LogP contribution in [0.3, 0.4) is 0 Å². The topological polar surface area (TPSA) is 49.7 Å². The van der Waals surface area contributed by atoms with Crippen molar-refractivity contribution >= 4 is 32.4 Å². The van der Waals surface area contributed by atoms with Crippen molar-refractivity contribution < 1.29 is 13.3 Å². The maximum Gasteiger partial charge on any atom is 0.178 e. The van der Waals surface area contributed by atoms with E-state index in [0.29, 0.717) is 0 Å². The maximum absolute atomic E-state index is 8.12. The Labute approximate surface area is 52.2 Å². The molecule has 0 aliphatic heterocycles. The third-order valence-corrected chi connectivity index (χ3v) is 1.12. The molecule has 0 heterocycles. The minimum absolute atomic E-state index is 0.314. The van der Waals surface area contributed by atoms with E-state index in [-0.39, 0.29) is 6.07 Å². The van der Waals surface area contributed by atoms with Gasteiger partial charge in [-0.1, -0.05) is 11.6 Å². The van der Waals surface area contributed by atoms with Gasteiger partial charge in [-0.15, -0.1) is 0 Å². The van der Waals surface area contributed by atoms with Crippen LogP contribution in [0.4, 0.5) is 0 Å². The van der Waals surface area contributed by atoms with E-state index in [9.17, 15) is 0 Å². The van der Waals surface area contributed by atoms with Crippen LogP contribution >= 0.6 is 32.4 Å². The fourth-order valence-electron chi connectivity index (χ4n) is 0.0567. The Morgan fingerprint density at radius 3 is 2.00 bits per heavy atom. The second-order valence-electron chi connectivity index (χ2n) is 0.659. The van der Waals surface area contributed by atoms with E-state index in [0.717, 1.165) is 0 Å². The molecule has 0 atom stereocenters. The van der Waals surface area contributed by atoms with Crippen LogP contribution in [-0.4, -0.2) is 15.2 Å². The van der Waals surface area contributed by atoms with Crippen LogP contribution < -0.4 is 0 Å². The summed E-state index contributed by atoms with van der Waals surface area (Å²) in [5.41, 5.74) is 0. The molecule has 0 rings (SSSR count). The molecule has 0 radical (unpaired) electrons. The van der Waals surface area contributed by atoms with Gasteiger partial charge in [-0.2, -0.15) is 0 Å². The van der Waals surface area contributed by atoms with Gasteiger partial charge in [0.05, 0.1) is 0 Å².